The lowest BCUT2D eigenvalue weighted by Gasteiger charge is -2.52. The summed E-state index contributed by atoms with van der Waals surface area (Å²) in [6.45, 7) is 11.3. The number of aliphatic carboxylic acids is 1. The first kappa shape index (κ1) is 37.5. The van der Waals surface area contributed by atoms with Gasteiger partial charge in [-0.2, -0.15) is 18.4 Å². The Balaban J connectivity index is 0.000000671. The maximum absolute atomic E-state index is 13.4. The number of piperidine rings is 2. The standard InChI is InChI=1S/C34H50N4O3.C2HF3O2/c1-4-5-11-29-24-38(23-27-9-7-6-8-10-27)33(40)41-34(29)14-18-36(19-15-34)30-12-16-37(17-13-30)32(39)31-25(2)20-28(22-35)21-26(31)3;3-2(4,5)1(6)7/h20-21,27,29-30H,4-19,23-24H2,1-3H3;(H,6,7). The summed E-state index contributed by atoms with van der Waals surface area (Å²) in [6.07, 6.45) is 8.58. The summed E-state index contributed by atoms with van der Waals surface area (Å²) in [6, 6.07) is 6.29. The van der Waals surface area contributed by atoms with E-state index < -0.39 is 12.1 Å². The third-order valence-electron chi connectivity index (χ3n) is 10.9. The van der Waals surface area contributed by atoms with Crippen molar-refractivity contribution in [3.8, 4) is 6.07 Å². The summed E-state index contributed by atoms with van der Waals surface area (Å²) < 4.78 is 38.2. The van der Waals surface area contributed by atoms with Crippen LogP contribution in [0, 0.1) is 37.0 Å². The quantitative estimate of drug-likeness (QED) is 0.328. The van der Waals surface area contributed by atoms with Crippen molar-refractivity contribution in [2.75, 3.05) is 39.3 Å². The summed E-state index contributed by atoms with van der Waals surface area (Å²) in [4.78, 5) is 42.2. The summed E-state index contributed by atoms with van der Waals surface area (Å²) >= 11 is 0. The number of unbranched alkanes of at least 4 members (excludes halogenated alkanes) is 1. The van der Waals surface area contributed by atoms with E-state index in [-0.39, 0.29) is 17.6 Å². The first-order valence-electron chi connectivity index (χ1n) is 17.6. The largest absolute Gasteiger partial charge is 0.490 e. The summed E-state index contributed by atoms with van der Waals surface area (Å²) in [5, 5.41) is 16.4. The maximum atomic E-state index is 13.4. The molecule has 1 aromatic rings. The zero-order valence-electron chi connectivity index (χ0n) is 28.6. The van der Waals surface area contributed by atoms with Gasteiger partial charge in [-0.05, 0) is 75.1 Å². The lowest BCUT2D eigenvalue weighted by molar-refractivity contribution is -0.192. The highest BCUT2D eigenvalue weighted by molar-refractivity contribution is 5.97. The van der Waals surface area contributed by atoms with E-state index in [9.17, 15) is 28.0 Å². The predicted molar refractivity (Wildman–Crippen MR) is 174 cm³/mol. The molecular weight excluding hydrogens is 625 g/mol. The number of likely N-dealkylation sites (tertiary alicyclic amines) is 2. The van der Waals surface area contributed by atoms with Gasteiger partial charge in [0.05, 0.1) is 11.6 Å². The molecule has 1 aliphatic carbocycles. The van der Waals surface area contributed by atoms with Gasteiger partial charge in [0.1, 0.15) is 5.60 Å². The molecule has 1 unspecified atom stereocenters. The van der Waals surface area contributed by atoms with Crippen molar-refractivity contribution in [3.63, 3.8) is 0 Å². The van der Waals surface area contributed by atoms with Crippen LogP contribution in [0.2, 0.25) is 0 Å². The number of benzene rings is 1. The zero-order chi connectivity index (χ0) is 35.1. The fraction of sp³-hybridized carbons (Fsp3) is 0.722. The van der Waals surface area contributed by atoms with Gasteiger partial charge in [-0.25, -0.2) is 9.59 Å². The molecule has 48 heavy (non-hydrogen) atoms. The van der Waals surface area contributed by atoms with Gasteiger partial charge in [-0.15, -0.1) is 0 Å². The number of carbonyl (C=O) groups excluding carboxylic acids is 2. The Morgan fingerprint density at radius 1 is 1.02 bits per heavy atom. The minimum Gasteiger partial charge on any atom is -0.475 e. The second kappa shape index (κ2) is 16.4. The predicted octanol–water partition coefficient (Wildman–Crippen LogP) is 7.09. The topological polar surface area (TPSA) is 114 Å². The average Bonchev–Trinajstić information content (AvgIpc) is 3.06. The Morgan fingerprint density at radius 2 is 1.60 bits per heavy atom. The molecular formula is C36H51F3N4O5. The molecule has 3 saturated heterocycles. The van der Waals surface area contributed by atoms with Crippen molar-refractivity contribution in [1.82, 2.24) is 14.7 Å². The Bertz CT molecular complexity index is 1300. The number of hydrogen-bond acceptors (Lipinski definition) is 6. The number of carbonyl (C=O) groups is 3. The summed E-state index contributed by atoms with van der Waals surface area (Å²) in [5.74, 6) is -1.61. The van der Waals surface area contributed by atoms with E-state index in [1.165, 1.54) is 44.9 Å². The van der Waals surface area contributed by atoms with Gasteiger partial charge in [0.2, 0.25) is 0 Å². The molecule has 1 saturated carbocycles. The van der Waals surface area contributed by atoms with Crippen molar-refractivity contribution in [2.45, 2.75) is 116 Å². The molecule has 3 aliphatic heterocycles. The monoisotopic (exact) mass is 676 g/mol. The van der Waals surface area contributed by atoms with Crippen LogP contribution in [0.25, 0.3) is 0 Å². The van der Waals surface area contributed by atoms with Gasteiger partial charge >= 0.3 is 18.2 Å². The van der Waals surface area contributed by atoms with E-state index in [4.69, 9.17) is 14.6 Å². The molecule has 0 radical (unpaired) electrons. The molecule has 4 fully saturated rings. The number of nitriles is 1. The number of hydrogen-bond donors (Lipinski definition) is 1. The first-order valence-corrected chi connectivity index (χ1v) is 17.6. The normalized spacial score (nSPS) is 22.4. The molecule has 0 bridgehead atoms. The highest BCUT2D eigenvalue weighted by Crippen LogP contribution is 2.42. The number of carboxylic acids is 1. The van der Waals surface area contributed by atoms with Crippen LogP contribution < -0.4 is 0 Å². The Labute approximate surface area is 282 Å². The summed E-state index contributed by atoms with van der Waals surface area (Å²) in [7, 11) is 0. The Kier molecular flexibility index (Phi) is 12.8. The van der Waals surface area contributed by atoms with E-state index in [0.29, 0.717) is 23.4 Å². The Hall–Kier alpha value is -3.33. The molecule has 0 aromatic heterocycles. The average molecular weight is 677 g/mol. The second-order valence-corrected chi connectivity index (χ2v) is 14.1. The van der Waals surface area contributed by atoms with Crippen LogP contribution in [-0.4, -0.2) is 94.9 Å². The van der Waals surface area contributed by atoms with Crippen molar-refractivity contribution in [2.24, 2.45) is 11.8 Å². The highest BCUT2D eigenvalue weighted by atomic mass is 19.4. The van der Waals surface area contributed by atoms with Crippen molar-refractivity contribution >= 4 is 18.0 Å². The number of nitrogens with zero attached hydrogens (tertiary/aromatic N) is 4. The smallest absolute Gasteiger partial charge is 0.475 e. The SMILES string of the molecule is CCCCC1CN(CC2CCCCC2)C(=O)OC12CCN(C1CCN(C(=O)c3c(C)cc(C#N)cc3C)CC1)CC2.O=C(O)C(F)(F)F. The van der Waals surface area contributed by atoms with Crippen LogP contribution in [0.3, 0.4) is 0 Å². The van der Waals surface area contributed by atoms with E-state index >= 15 is 0 Å². The van der Waals surface area contributed by atoms with E-state index in [0.717, 1.165) is 88.1 Å². The summed E-state index contributed by atoms with van der Waals surface area (Å²) in [5.41, 5.74) is 2.80. The van der Waals surface area contributed by atoms with Crippen molar-refractivity contribution in [1.29, 1.82) is 5.26 Å². The fourth-order valence-electron chi connectivity index (χ4n) is 8.20. The van der Waals surface area contributed by atoms with Crippen LogP contribution in [0.4, 0.5) is 18.0 Å². The van der Waals surface area contributed by atoms with Crippen LogP contribution in [0.15, 0.2) is 12.1 Å². The van der Waals surface area contributed by atoms with Crippen LogP contribution in [0.1, 0.15) is 111 Å². The molecule has 5 rings (SSSR count). The second-order valence-electron chi connectivity index (χ2n) is 14.1. The number of halogens is 3. The lowest BCUT2D eigenvalue weighted by Crippen LogP contribution is -2.61. The molecule has 9 nitrogen and oxygen atoms in total. The number of carboxylic acid groups (broad SMARTS) is 1. The van der Waals surface area contributed by atoms with Gasteiger partial charge in [-0.1, -0.05) is 39.0 Å². The van der Waals surface area contributed by atoms with E-state index in [1.54, 1.807) is 0 Å². The number of aryl methyl sites for hydroxylation is 2. The molecule has 1 aromatic carbocycles. The van der Waals surface area contributed by atoms with Crippen LogP contribution in [-0.2, 0) is 9.53 Å². The lowest BCUT2D eigenvalue weighted by atomic mass is 9.75. The number of amides is 2. The van der Waals surface area contributed by atoms with Crippen LogP contribution in [0.5, 0.6) is 0 Å². The first-order chi connectivity index (χ1) is 22.8. The minimum absolute atomic E-state index is 0.0722. The molecule has 1 N–H and O–H groups in total. The number of alkyl halides is 3. The highest BCUT2D eigenvalue weighted by Gasteiger charge is 2.50. The molecule has 12 heteroatoms. The van der Waals surface area contributed by atoms with Gasteiger partial charge in [0, 0.05) is 69.6 Å². The molecule has 3 heterocycles. The zero-order valence-corrected chi connectivity index (χ0v) is 28.6. The minimum atomic E-state index is -5.08. The van der Waals surface area contributed by atoms with Gasteiger partial charge in [0.25, 0.3) is 5.91 Å². The third-order valence-corrected chi connectivity index (χ3v) is 10.9. The van der Waals surface area contributed by atoms with Crippen molar-refractivity contribution in [3.05, 3.63) is 34.4 Å². The number of rotatable bonds is 7. The van der Waals surface area contributed by atoms with Gasteiger partial charge < -0.3 is 19.6 Å². The van der Waals surface area contributed by atoms with Gasteiger partial charge in [0.15, 0.2) is 0 Å². The molecule has 266 valence electrons. The molecule has 1 atom stereocenters. The van der Waals surface area contributed by atoms with E-state index in [2.05, 4.69) is 22.8 Å². The molecule has 2 amide bonds. The molecule has 1 spiro atoms. The van der Waals surface area contributed by atoms with Crippen molar-refractivity contribution < 1.29 is 37.4 Å². The number of ether oxygens (including phenoxy) is 1. The molecule has 4 aliphatic rings. The van der Waals surface area contributed by atoms with Crippen LogP contribution >= 0.6 is 0 Å². The Morgan fingerprint density at radius 3 is 2.12 bits per heavy atom. The maximum Gasteiger partial charge on any atom is 0.490 e. The fourth-order valence-corrected chi connectivity index (χ4v) is 8.20. The van der Waals surface area contributed by atoms with Gasteiger partial charge in [-0.3, -0.25) is 9.69 Å². The third kappa shape index (κ3) is 9.21. The van der Waals surface area contributed by atoms with E-state index in [1.807, 2.05) is 30.9 Å².